The van der Waals surface area contributed by atoms with Gasteiger partial charge in [-0.05, 0) is 19.1 Å². The van der Waals surface area contributed by atoms with E-state index in [-0.39, 0.29) is 0 Å². The Kier molecular flexibility index (Phi) is 1.77. The van der Waals surface area contributed by atoms with Gasteiger partial charge in [0.25, 0.3) is 0 Å². The van der Waals surface area contributed by atoms with Gasteiger partial charge in [-0.25, -0.2) is 0 Å². The normalized spacial score (nSPS) is 27.5. The molecule has 0 radical (unpaired) electrons. The van der Waals surface area contributed by atoms with Gasteiger partial charge in [0.1, 0.15) is 0 Å². The summed E-state index contributed by atoms with van der Waals surface area (Å²) in [5, 5.41) is 0.573. The van der Waals surface area contributed by atoms with Gasteiger partial charge in [-0.2, -0.15) is 0 Å². The lowest BCUT2D eigenvalue weighted by Crippen LogP contribution is -2.08. The van der Waals surface area contributed by atoms with Crippen LogP contribution in [0.3, 0.4) is 0 Å². The highest BCUT2D eigenvalue weighted by Crippen LogP contribution is 2.46. The highest BCUT2D eigenvalue weighted by molar-refractivity contribution is 8.00. The molecule has 1 aliphatic carbocycles. The monoisotopic (exact) mass is 201 g/mol. The topological polar surface area (TPSA) is 12.9 Å². The Hall–Kier alpha value is -1.02. The molecule has 2 atom stereocenters. The smallest absolute Gasteiger partial charge is 0.0625 e. The molecule has 0 fully saturated rings. The molecule has 1 aliphatic heterocycles. The fourth-order valence-corrected chi connectivity index (χ4v) is 3.27. The van der Waals surface area contributed by atoms with Gasteiger partial charge in [-0.3, -0.25) is 4.98 Å². The number of pyridine rings is 1. The van der Waals surface area contributed by atoms with Gasteiger partial charge in [0.2, 0.25) is 0 Å². The Morgan fingerprint density at radius 1 is 1.21 bits per heavy atom. The first-order valence-electron chi connectivity index (χ1n) is 4.84. The highest BCUT2D eigenvalue weighted by atomic mass is 32.2. The fourth-order valence-electron chi connectivity index (χ4n) is 2.00. The summed E-state index contributed by atoms with van der Waals surface area (Å²) >= 11 is 1.93. The van der Waals surface area contributed by atoms with Crippen molar-refractivity contribution in [3.63, 3.8) is 0 Å². The third-order valence-corrected chi connectivity index (χ3v) is 4.01. The standard InChI is InChI=1S/C12H11NS/c1-8-6-7-11-12(13-8)9-4-2-3-5-10(9)14-11/h2-7,9-10H,1H3. The van der Waals surface area contributed by atoms with Crippen molar-refractivity contribution in [1.29, 1.82) is 0 Å². The Morgan fingerprint density at radius 2 is 2.07 bits per heavy atom. The molecule has 0 N–H and O–H groups in total. The first kappa shape index (κ1) is 8.30. The van der Waals surface area contributed by atoms with Gasteiger partial charge >= 0.3 is 0 Å². The molecule has 2 heteroatoms. The molecule has 0 bridgehead atoms. The first-order chi connectivity index (χ1) is 6.84. The number of nitrogens with zero attached hydrogens (tertiary/aromatic N) is 1. The zero-order valence-electron chi connectivity index (χ0n) is 7.97. The van der Waals surface area contributed by atoms with Gasteiger partial charge in [-0.1, -0.05) is 24.3 Å². The largest absolute Gasteiger partial charge is 0.256 e. The molecule has 0 spiro atoms. The molecule has 2 unspecified atom stereocenters. The van der Waals surface area contributed by atoms with Crippen LogP contribution < -0.4 is 0 Å². The predicted molar refractivity (Wildman–Crippen MR) is 59.6 cm³/mol. The van der Waals surface area contributed by atoms with E-state index in [9.17, 15) is 0 Å². The maximum atomic E-state index is 4.63. The molecule has 2 heterocycles. The van der Waals surface area contributed by atoms with Crippen LogP contribution in [0.4, 0.5) is 0 Å². The molecule has 3 rings (SSSR count). The van der Waals surface area contributed by atoms with E-state index in [0.717, 1.165) is 5.69 Å². The van der Waals surface area contributed by atoms with Crippen molar-refractivity contribution in [2.75, 3.05) is 0 Å². The van der Waals surface area contributed by atoms with Crippen LogP contribution in [0.5, 0.6) is 0 Å². The number of hydrogen-bond donors (Lipinski definition) is 0. The van der Waals surface area contributed by atoms with E-state index in [1.54, 1.807) is 0 Å². The summed E-state index contributed by atoms with van der Waals surface area (Å²) in [7, 11) is 0. The summed E-state index contributed by atoms with van der Waals surface area (Å²) in [6, 6.07) is 4.29. The summed E-state index contributed by atoms with van der Waals surface area (Å²) in [5.41, 5.74) is 2.38. The van der Waals surface area contributed by atoms with Crippen molar-refractivity contribution in [1.82, 2.24) is 4.98 Å². The van der Waals surface area contributed by atoms with Crippen LogP contribution in [0, 0.1) is 6.92 Å². The minimum Gasteiger partial charge on any atom is -0.256 e. The van der Waals surface area contributed by atoms with E-state index in [0.29, 0.717) is 11.2 Å². The number of allylic oxidation sites excluding steroid dienone is 3. The fraction of sp³-hybridized carbons (Fsp3) is 0.250. The van der Waals surface area contributed by atoms with Crippen molar-refractivity contribution in [2.24, 2.45) is 0 Å². The van der Waals surface area contributed by atoms with E-state index in [1.165, 1.54) is 10.6 Å². The lowest BCUT2D eigenvalue weighted by molar-refractivity contribution is 0.827. The highest BCUT2D eigenvalue weighted by Gasteiger charge is 2.31. The predicted octanol–water partition coefficient (Wildman–Crippen LogP) is 3.07. The minimum absolute atomic E-state index is 0.500. The van der Waals surface area contributed by atoms with Crippen molar-refractivity contribution < 1.29 is 0 Å². The van der Waals surface area contributed by atoms with E-state index in [1.807, 2.05) is 11.8 Å². The van der Waals surface area contributed by atoms with Gasteiger partial charge in [-0.15, -0.1) is 11.8 Å². The lowest BCUT2D eigenvalue weighted by Gasteiger charge is -2.13. The minimum atomic E-state index is 0.500. The van der Waals surface area contributed by atoms with Crippen molar-refractivity contribution >= 4 is 11.8 Å². The van der Waals surface area contributed by atoms with Crippen molar-refractivity contribution in [3.8, 4) is 0 Å². The van der Waals surface area contributed by atoms with Crippen LogP contribution in [-0.2, 0) is 0 Å². The Labute approximate surface area is 87.9 Å². The Morgan fingerprint density at radius 3 is 3.00 bits per heavy atom. The summed E-state index contributed by atoms with van der Waals surface area (Å²) in [6.07, 6.45) is 8.79. The van der Waals surface area contributed by atoms with Crippen LogP contribution in [0.2, 0.25) is 0 Å². The van der Waals surface area contributed by atoms with E-state index in [2.05, 4.69) is 48.3 Å². The molecule has 2 aliphatic rings. The lowest BCUT2D eigenvalue weighted by atomic mass is 9.96. The molecule has 1 aromatic rings. The van der Waals surface area contributed by atoms with Gasteiger partial charge in [0, 0.05) is 21.8 Å². The molecular weight excluding hydrogens is 190 g/mol. The third kappa shape index (κ3) is 1.14. The molecule has 0 amide bonds. The van der Waals surface area contributed by atoms with Crippen molar-refractivity contribution in [3.05, 3.63) is 47.8 Å². The number of fused-ring (bicyclic) bond motifs is 3. The average molecular weight is 201 g/mol. The molecule has 1 nitrogen and oxygen atoms in total. The zero-order valence-corrected chi connectivity index (χ0v) is 8.79. The molecule has 1 aromatic heterocycles. The zero-order chi connectivity index (χ0) is 9.54. The molecule has 0 aromatic carbocycles. The Balaban J connectivity index is 2.12. The summed E-state index contributed by atoms with van der Waals surface area (Å²) in [5.74, 6) is 0.500. The summed E-state index contributed by atoms with van der Waals surface area (Å²) in [6.45, 7) is 2.06. The van der Waals surface area contributed by atoms with Crippen LogP contribution in [0.15, 0.2) is 41.3 Å². The second kappa shape index (κ2) is 2.99. The van der Waals surface area contributed by atoms with Crippen LogP contribution in [0.25, 0.3) is 0 Å². The quantitative estimate of drug-likeness (QED) is 0.640. The number of hydrogen-bond acceptors (Lipinski definition) is 2. The SMILES string of the molecule is Cc1ccc2c(n1)C1C=CC=CC1S2. The van der Waals surface area contributed by atoms with Crippen LogP contribution in [0.1, 0.15) is 17.3 Å². The van der Waals surface area contributed by atoms with E-state index in [4.69, 9.17) is 0 Å². The molecule has 0 saturated heterocycles. The van der Waals surface area contributed by atoms with E-state index < -0.39 is 0 Å². The maximum absolute atomic E-state index is 4.63. The Bertz CT molecular complexity index is 434. The molecule has 70 valence electrons. The second-order valence-electron chi connectivity index (χ2n) is 3.71. The molecule has 14 heavy (non-hydrogen) atoms. The molecular formula is C12H11NS. The maximum Gasteiger partial charge on any atom is 0.0625 e. The number of aryl methyl sites for hydroxylation is 1. The first-order valence-corrected chi connectivity index (χ1v) is 5.72. The average Bonchev–Trinajstić information content (AvgIpc) is 2.56. The third-order valence-electron chi connectivity index (χ3n) is 2.69. The number of rotatable bonds is 0. The van der Waals surface area contributed by atoms with Crippen LogP contribution in [-0.4, -0.2) is 10.2 Å². The van der Waals surface area contributed by atoms with Gasteiger partial charge in [0.05, 0.1) is 5.69 Å². The summed E-state index contributed by atoms with van der Waals surface area (Å²) < 4.78 is 0. The summed E-state index contributed by atoms with van der Waals surface area (Å²) in [4.78, 5) is 5.98. The molecule has 0 saturated carbocycles. The number of thioether (sulfide) groups is 1. The second-order valence-corrected chi connectivity index (χ2v) is 4.93. The van der Waals surface area contributed by atoms with Crippen molar-refractivity contribution in [2.45, 2.75) is 23.0 Å². The van der Waals surface area contributed by atoms with Gasteiger partial charge < -0.3 is 0 Å². The van der Waals surface area contributed by atoms with E-state index >= 15 is 0 Å². The number of aromatic nitrogens is 1. The van der Waals surface area contributed by atoms with Gasteiger partial charge in [0.15, 0.2) is 0 Å². The van der Waals surface area contributed by atoms with Crippen LogP contribution >= 0.6 is 11.8 Å².